The Kier molecular flexibility index (Phi) is 40.0. The molecular formula is C3H9Cl2NO2S. The number of hydrogen-bond donors (Lipinski definition) is 0. The van der Waals surface area contributed by atoms with E-state index in [9.17, 15) is 0 Å². The van der Waals surface area contributed by atoms with Gasteiger partial charge in [-0.05, 0) is 0 Å². The van der Waals surface area contributed by atoms with Crippen molar-refractivity contribution >= 4 is 36.2 Å². The lowest BCUT2D eigenvalue weighted by atomic mass is 11.0. The van der Waals surface area contributed by atoms with Gasteiger partial charge in [0.1, 0.15) is 0 Å². The highest BCUT2D eigenvalue weighted by atomic mass is 35.5. The summed E-state index contributed by atoms with van der Waals surface area (Å²) in [6, 6.07) is 0. The van der Waals surface area contributed by atoms with Gasteiger partial charge in [-0.1, -0.05) is 0 Å². The summed E-state index contributed by atoms with van der Waals surface area (Å²) < 4.78 is 0. The third-order valence-electron chi connectivity index (χ3n) is 0.347. The Balaban J connectivity index is -0.0000000312. The molecule has 0 aliphatic carbocycles. The zero-order valence-corrected chi connectivity index (χ0v) is 6.85. The molecule has 1 heterocycles. The van der Waals surface area contributed by atoms with E-state index in [1.165, 1.54) is 0 Å². The van der Waals surface area contributed by atoms with E-state index >= 15 is 0 Å². The molecule has 3 nitrogen and oxygen atoms in total. The first kappa shape index (κ1) is 22.9. The Bertz CT molecular complexity index is 76.3. The van der Waals surface area contributed by atoms with Gasteiger partial charge in [0, 0.05) is 11.6 Å². The minimum Gasteiger partial charge on any atom is -0.412 e. The molecular weight excluding hydrogens is 185 g/mol. The molecule has 0 fully saturated rings. The second-order valence-corrected chi connectivity index (χ2v) is 1.43. The monoisotopic (exact) mass is 193 g/mol. The van der Waals surface area contributed by atoms with Crippen LogP contribution in [-0.4, -0.2) is 15.9 Å². The maximum atomic E-state index is 3.74. The molecule has 1 rings (SSSR count). The minimum atomic E-state index is 0. The molecule has 0 unspecified atom stereocenters. The van der Waals surface area contributed by atoms with Crippen molar-refractivity contribution in [3.63, 3.8) is 0 Å². The third-order valence-corrected chi connectivity index (χ3v) is 0.869. The molecule has 1 aromatic rings. The van der Waals surface area contributed by atoms with Crippen molar-refractivity contribution in [3.05, 3.63) is 17.1 Å². The number of aromatic nitrogens is 1. The van der Waals surface area contributed by atoms with Crippen molar-refractivity contribution in [1.29, 1.82) is 0 Å². The van der Waals surface area contributed by atoms with Gasteiger partial charge in [-0.2, -0.15) is 0 Å². The number of hydrogen-bond acceptors (Lipinski definition) is 2. The topological polar surface area (TPSA) is 75.9 Å². The molecule has 0 saturated carbocycles. The van der Waals surface area contributed by atoms with Gasteiger partial charge in [0.05, 0.1) is 5.51 Å². The second kappa shape index (κ2) is 15.7. The highest BCUT2D eigenvalue weighted by molar-refractivity contribution is 7.07. The molecule has 0 spiro atoms. The van der Waals surface area contributed by atoms with Gasteiger partial charge >= 0.3 is 0 Å². The zero-order valence-electron chi connectivity index (χ0n) is 4.40. The summed E-state index contributed by atoms with van der Waals surface area (Å²) in [5.41, 5.74) is 1.79. The highest BCUT2D eigenvalue weighted by Crippen LogP contribution is 1.85. The summed E-state index contributed by atoms with van der Waals surface area (Å²) >= 11 is 1.60. The number of thiazole rings is 1. The Hall–Kier alpha value is 0.130. The summed E-state index contributed by atoms with van der Waals surface area (Å²) in [5, 5.41) is 1.93. The third kappa shape index (κ3) is 11.6. The van der Waals surface area contributed by atoms with Gasteiger partial charge in [0.2, 0.25) is 0 Å². The van der Waals surface area contributed by atoms with Gasteiger partial charge < -0.3 is 11.0 Å². The molecule has 0 aliphatic rings. The fourth-order valence-corrected chi connectivity index (χ4v) is 0.527. The number of nitrogens with zero attached hydrogens (tertiary/aromatic N) is 1. The van der Waals surface area contributed by atoms with Crippen molar-refractivity contribution in [3.8, 4) is 0 Å². The van der Waals surface area contributed by atoms with Crippen LogP contribution in [0.5, 0.6) is 0 Å². The number of rotatable bonds is 0. The van der Waals surface area contributed by atoms with Gasteiger partial charge in [-0.15, -0.1) is 36.2 Å². The molecule has 0 atom stereocenters. The van der Waals surface area contributed by atoms with Crippen molar-refractivity contribution in [2.45, 2.75) is 0 Å². The van der Waals surface area contributed by atoms with Crippen LogP contribution in [0.25, 0.3) is 0 Å². The van der Waals surface area contributed by atoms with E-state index in [1.54, 1.807) is 23.0 Å². The molecule has 58 valence electrons. The van der Waals surface area contributed by atoms with Crippen LogP contribution in [0.4, 0.5) is 0 Å². The predicted octanol–water partition coefficient (Wildman–Crippen LogP) is 0.337. The molecule has 0 saturated heterocycles. The smallest absolute Gasteiger partial charge is 0.0791 e. The zero-order chi connectivity index (χ0) is 3.54. The maximum absolute atomic E-state index is 3.74. The Labute approximate surface area is 69.6 Å². The van der Waals surface area contributed by atoms with Crippen LogP contribution in [0.15, 0.2) is 17.1 Å². The fourth-order valence-electron chi connectivity index (χ4n) is 0.176. The SMILES string of the molecule is Cl.Cl.O.O.c1cscn1. The van der Waals surface area contributed by atoms with Crippen LogP contribution in [0.3, 0.4) is 0 Å². The largest absolute Gasteiger partial charge is 0.412 e. The molecule has 0 radical (unpaired) electrons. The predicted molar refractivity (Wildman–Crippen MR) is 43.8 cm³/mol. The first-order chi connectivity index (χ1) is 2.50. The van der Waals surface area contributed by atoms with E-state index in [-0.39, 0.29) is 35.8 Å². The molecule has 0 amide bonds. The average Bonchev–Trinajstić information content (AvgIpc) is 1.76. The van der Waals surface area contributed by atoms with Gasteiger partial charge in [0.25, 0.3) is 0 Å². The summed E-state index contributed by atoms with van der Waals surface area (Å²) in [6.45, 7) is 0. The summed E-state index contributed by atoms with van der Waals surface area (Å²) in [6.07, 6.45) is 1.77. The molecule has 9 heavy (non-hydrogen) atoms. The normalized spacial score (nSPS) is 4.44. The van der Waals surface area contributed by atoms with Crippen LogP contribution in [0, 0.1) is 0 Å². The van der Waals surface area contributed by atoms with E-state index < -0.39 is 0 Å². The molecule has 0 bridgehead atoms. The Morgan fingerprint density at radius 1 is 1.11 bits per heavy atom. The van der Waals surface area contributed by atoms with E-state index in [2.05, 4.69) is 4.98 Å². The number of halogens is 2. The second-order valence-electron chi connectivity index (χ2n) is 0.676. The Morgan fingerprint density at radius 3 is 1.78 bits per heavy atom. The molecule has 0 aromatic carbocycles. The van der Waals surface area contributed by atoms with Crippen molar-refractivity contribution in [1.82, 2.24) is 4.98 Å². The van der Waals surface area contributed by atoms with E-state index in [0.717, 1.165) is 0 Å². The standard InChI is InChI=1S/C3H3NS.2ClH.2H2O/c1-2-5-3-4-1;;;;/h1-3H;2*1H;2*1H2. The van der Waals surface area contributed by atoms with Crippen molar-refractivity contribution in [2.24, 2.45) is 0 Å². The van der Waals surface area contributed by atoms with Crippen LogP contribution >= 0.6 is 36.2 Å². The van der Waals surface area contributed by atoms with E-state index in [4.69, 9.17) is 0 Å². The lowest BCUT2D eigenvalue weighted by molar-refractivity contribution is 0.823. The molecule has 1 aromatic heterocycles. The first-order valence-corrected chi connectivity index (χ1v) is 2.26. The van der Waals surface area contributed by atoms with Crippen LogP contribution in [0.2, 0.25) is 0 Å². The summed E-state index contributed by atoms with van der Waals surface area (Å²) in [7, 11) is 0. The van der Waals surface area contributed by atoms with Crippen molar-refractivity contribution in [2.75, 3.05) is 0 Å². The van der Waals surface area contributed by atoms with Crippen molar-refractivity contribution < 1.29 is 11.0 Å². The van der Waals surface area contributed by atoms with E-state index in [0.29, 0.717) is 0 Å². The lowest BCUT2D eigenvalue weighted by Gasteiger charge is -1.41. The summed E-state index contributed by atoms with van der Waals surface area (Å²) in [5.74, 6) is 0. The van der Waals surface area contributed by atoms with Crippen LogP contribution in [-0.2, 0) is 0 Å². The average molecular weight is 194 g/mol. The fraction of sp³-hybridized carbons (Fsp3) is 0. The highest BCUT2D eigenvalue weighted by Gasteiger charge is 1.59. The minimum absolute atomic E-state index is 0. The van der Waals surface area contributed by atoms with Gasteiger partial charge in [0.15, 0.2) is 0 Å². The van der Waals surface area contributed by atoms with E-state index in [1.807, 2.05) is 5.38 Å². The van der Waals surface area contributed by atoms with Crippen LogP contribution in [0.1, 0.15) is 0 Å². The van der Waals surface area contributed by atoms with Gasteiger partial charge in [-0.25, -0.2) is 0 Å². The Morgan fingerprint density at radius 2 is 1.67 bits per heavy atom. The molecule has 6 heteroatoms. The first-order valence-electron chi connectivity index (χ1n) is 1.32. The van der Waals surface area contributed by atoms with Gasteiger partial charge in [-0.3, -0.25) is 4.98 Å². The molecule has 4 N–H and O–H groups in total. The molecule has 0 aliphatic heterocycles. The lowest BCUT2D eigenvalue weighted by Crippen LogP contribution is -1.38. The summed E-state index contributed by atoms with van der Waals surface area (Å²) in [4.78, 5) is 3.74. The quantitative estimate of drug-likeness (QED) is 0.586. The maximum Gasteiger partial charge on any atom is 0.0791 e. The van der Waals surface area contributed by atoms with Crippen LogP contribution < -0.4 is 0 Å².